The Morgan fingerprint density at radius 2 is 2.36 bits per heavy atom. The third-order valence-electron chi connectivity index (χ3n) is 1.83. The minimum absolute atomic E-state index is 0.969. The lowest BCUT2D eigenvalue weighted by molar-refractivity contribution is 0.616. The highest BCUT2D eigenvalue weighted by atomic mass is 32.2. The summed E-state index contributed by atoms with van der Waals surface area (Å²) in [6.07, 6.45) is 3.78. The molecule has 0 bridgehead atoms. The summed E-state index contributed by atoms with van der Waals surface area (Å²) in [7, 11) is 2.05. The van der Waals surface area contributed by atoms with Crippen LogP contribution in [0.25, 0.3) is 11.1 Å². The number of aromatic nitrogens is 1. The van der Waals surface area contributed by atoms with Gasteiger partial charge in [0.1, 0.15) is 0 Å². The number of thioether (sulfide) groups is 1. The van der Waals surface area contributed by atoms with Crippen LogP contribution in [0.5, 0.6) is 0 Å². The SMILES string of the molecule is CSc1cc2occc2n1C. The predicted octanol–water partition coefficient (Wildman–Crippen LogP) is 2.49. The van der Waals surface area contributed by atoms with E-state index in [1.54, 1.807) is 18.0 Å². The molecular formula is C8H9NOS. The number of rotatable bonds is 1. The molecule has 0 atom stereocenters. The third kappa shape index (κ3) is 0.878. The fourth-order valence-corrected chi connectivity index (χ4v) is 1.82. The van der Waals surface area contributed by atoms with E-state index in [4.69, 9.17) is 4.42 Å². The van der Waals surface area contributed by atoms with E-state index in [2.05, 4.69) is 16.9 Å². The van der Waals surface area contributed by atoms with E-state index >= 15 is 0 Å². The Bertz CT molecular complexity index is 374. The van der Waals surface area contributed by atoms with Crippen molar-refractivity contribution in [3.05, 3.63) is 18.4 Å². The molecule has 0 aliphatic heterocycles. The largest absolute Gasteiger partial charge is 0.463 e. The van der Waals surface area contributed by atoms with Crippen molar-refractivity contribution in [2.75, 3.05) is 6.26 Å². The van der Waals surface area contributed by atoms with Gasteiger partial charge in [-0.3, -0.25) is 0 Å². The van der Waals surface area contributed by atoms with Crippen LogP contribution in [0.1, 0.15) is 0 Å². The molecule has 2 rings (SSSR count). The van der Waals surface area contributed by atoms with Crippen LogP contribution in [0, 0.1) is 0 Å². The zero-order valence-electron chi connectivity index (χ0n) is 6.50. The maximum atomic E-state index is 5.25. The zero-order chi connectivity index (χ0) is 7.84. The quantitative estimate of drug-likeness (QED) is 0.607. The summed E-state index contributed by atoms with van der Waals surface area (Å²) in [4.78, 5) is 0. The Kier molecular flexibility index (Phi) is 1.46. The van der Waals surface area contributed by atoms with Gasteiger partial charge in [0.25, 0.3) is 0 Å². The molecule has 58 valence electrons. The molecule has 2 aromatic rings. The molecule has 2 nitrogen and oxygen atoms in total. The second kappa shape index (κ2) is 2.34. The summed E-state index contributed by atoms with van der Waals surface area (Å²) >= 11 is 1.73. The van der Waals surface area contributed by atoms with Gasteiger partial charge in [0.05, 0.1) is 16.8 Å². The van der Waals surface area contributed by atoms with Crippen LogP contribution < -0.4 is 0 Å². The molecule has 0 fully saturated rings. The molecule has 0 aromatic carbocycles. The van der Waals surface area contributed by atoms with E-state index in [-0.39, 0.29) is 0 Å². The third-order valence-corrected chi connectivity index (χ3v) is 2.64. The summed E-state index contributed by atoms with van der Waals surface area (Å²) in [5.41, 5.74) is 2.13. The van der Waals surface area contributed by atoms with E-state index in [0.29, 0.717) is 0 Å². The smallest absolute Gasteiger partial charge is 0.152 e. The average Bonchev–Trinajstić information content (AvgIpc) is 2.53. The number of fused-ring (bicyclic) bond motifs is 1. The molecule has 3 heteroatoms. The van der Waals surface area contributed by atoms with Gasteiger partial charge in [0.2, 0.25) is 0 Å². The highest BCUT2D eigenvalue weighted by Crippen LogP contribution is 2.25. The van der Waals surface area contributed by atoms with Crippen LogP contribution >= 0.6 is 11.8 Å². The average molecular weight is 167 g/mol. The Hall–Kier alpha value is -0.830. The summed E-state index contributed by atoms with van der Waals surface area (Å²) < 4.78 is 7.38. The van der Waals surface area contributed by atoms with Crippen LogP contribution in [0.4, 0.5) is 0 Å². The highest BCUT2D eigenvalue weighted by molar-refractivity contribution is 7.98. The van der Waals surface area contributed by atoms with E-state index in [1.165, 1.54) is 5.03 Å². The van der Waals surface area contributed by atoms with Crippen LogP contribution in [-0.2, 0) is 7.05 Å². The fourth-order valence-electron chi connectivity index (χ4n) is 1.22. The maximum absolute atomic E-state index is 5.25. The van der Waals surface area contributed by atoms with Crippen LogP contribution in [0.15, 0.2) is 27.8 Å². The second-order valence-electron chi connectivity index (χ2n) is 2.42. The van der Waals surface area contributed by atoms with E-state index in [9.17, 15) is 0 Å². The molecule has 0 amide bonds. The number of hydrogen-bond donors (Lipinski definition) is 0. The van der Waals surface area contributed by atoms with Crippen LogP contribution in [-0.4, -0.2) is 10.8 Å². The number of furan rings is 1. The Balaban J connectivity index is 2.76. The van der Waals surface area contributed by atoms with Crippen molar-refractivity contribution >= 4 is 22.9 Å². The molecule has 0 N–H and O–H groups in total. The van der Waals surface area contributed by atoms with Gasteiger partial charge in [-0.05, 0) is 6.26 Å². The summed E-state index contributed by atoms with van der Waals surface area (Å²) in [6, 6.07) is 4.04. The van der Waals surface area contributed by atoms with Crippen LogP contribution in [0.3, 0.4) is 0 Å². The fraction of sp³-hybridized carbons (Fsp3) is 0.250. The van der Waals surface area contributed by atoms with Crippen molar-refractivity contribution in [1.29, 1.82) is 0 Å². The van der Waals surface area contributed by atoms with Crippen molar-refractivity contribution in [3.63, 3.8) is 0 Å². The number of nitrogens with zero attached hydrogens (tertiary/aromatic N) is 1. The van der Waals surface area contributed by atoms with Crippen LogP contribution in [0.2, 0.25) is 0 Å². The van der Waals surface area contributed by atoms with Crippen molar-refractivity contribution < 1.29 is 4.42 Å². The van der Waals surface area contributed by atoms with E-state index in [1.807, 2.05) is 13.1 Å². The first-order valence-electron chi connectivity index (χ1n) is 3.40. The van der Waals surface area contributed by atoms with Gasteiger partial charge in [0, 0.05) is 19.2 Å². The maximum Gasteiger partial charge on any atom is 0.152 e. The summed E-state index contributed by atoms with van der Waals surface area (Å²) in [5.74, 6) is 0. The standard InChI is InChI=1S/C8H9NOS/c1-9-6-3-4-10-7(6)5-8(9)11-2/h3-5H,1-2H3. The highest BCUT2D eigenvalue weighted by Gasteiger charge is 2.05. The lowest BCUT2D eigenvalue weighted by atomic mass is 10.5. The molecule has 11 heavy (non-hydrogen) atoms. The summed E-state index contributed by atoms with van der Waals surface area (Å²) in [5, 5.41) is 1.24. The van der Waals surface area contributed by atoms with Gasteiger partial charge in [-0.25, -0.2) is 0 Å². The molecule has 0 saturated carbocycles. The molecule has 2 heterocycles. The first-order valence-corrected chi connectivity index (χ1v) is 4.62. The van der Waals surface area contributed by atoms with Gasteiger partial charge in [-0.1, -0.05) is 0 Å². The van der Waals surface area contributed by atoms with Crippen molar-refractivity contribution in [2.45, 2.75) is 5.03 Å². The number of hydrogen-bond acceptors (Lipinski definition) is 2. The molecule has 0 spiro atoms. The van der Waals surface area contributed by atoms with E-state index in [0.717, 1.165) is 11.1 Å². The van der Waals surface area contributed by atoms with Gasteiger partial charge < -0.3 is 8.98 Å². The number of aryl methyl sites for hydroxylation is 1. The molecule has 0 aliphatic rings. The van der Waals surface area contributed by atoms with Gasteiger partial charge in [-0.15, -0.1) is 11.8 Å². The van der Waals surface area contributed by atoms with Gasteiger partial charge in [0.15, 0.2) is 5.58 Å². The van der Waals surface area contributed by atoms with Crippen molar-refractivity contribution in [3.8, 4) is 0 Å². The zero-order valence-corrected chi connectivity index (χ0v) is 7.31. The molecule has 0 saturated heterocycles. The van der Waals surface area contributed by atoms with E-state index < -0.39 is 0 Å². The lowest BCUT2D eigenvalue weighted by Gasteiger charge is -1.96. The normalized spacial score (nSPS) is 11.1. The predicted molar refractivity (Wildman–Crippen MR) is 47.0 cm³/mol. The minimum Gasteiger partial charge on any atom is -0.463 e. The topological polar surface area (TPSA) is 18.1 Å². The first-order chi connectivity index (χ1) is 5.33. The Morgan fingerprint density at radius 3 is 3.00 bits per heavy atom. The molecule has 0 aliphatic carbocycles. The molecule has 2 aromatic heterocycles. The Labute approximate surface area is 69.2 Å². The first kappa shape index (κ1) is 6.85. The molecular weight excluding hydrogens is 158 g/mol. The summed E-state index contributed by atoms with van der Waals surface area (Å²) in [6.45, 7) is 0. The monoisotopic (exact) mass is 167 g/mol. The Morgan fingerprint density at radius 1 is 1.55 bits per heavy atom. The molecule has 0 unspecified atom stereocenters. The van der Waals surface area contributed by atoms with Crippen molar-refractivity contribution in [2.24, 2.45) is 7.05 Å². The molecule has 0 radical (unpaired) electrons. The lowest BCUT2D eigenvalue weighted by Crippen LogP contribution is -1.86. The van der Waals surface area contributed by atoms with Gasteiger partial charge in [-0.2, -0.15) is 0 Å². The minimum atomic E-state index is 0.969. The second-order valence-corrected chi connectivity index (χ2v) is 3.24. The van der Waals surface area contributed by atoms with Crippen molar-refractivity contribution in [1.82, 2.24) is 4.57 Å². The van der Waals surface area contributed by atoms with Gasteiger partial charge >= 0.3 is 0 Å².